The van der Waals surface area contributed by atoms with Gasteiger partial charge in [-0.25, -0.2) is 0 Å². The van der Waals surface area contributed by atoms with Crippen molar-refractivity contribution in [3.05, 3.63) is 18.2 Å². The van der Waals surface area contributed by atoms with Crippen molar-refractivity contribution in [2.45, 2.75) is 6.04 Å². The topological polar surface area (TPSA) is 39.7 Å². The van der Waals surface area contributed by atoms with Crippen LogP contribution in [0, 0.1) is 0 Å². The highest BCUT2D eigenvalue weighted by molar-refractivity contribution is 5.55. The van der Waals surface area contributed by atoms with E-state index in [9.17, 15) is 0 Å². The first-order valence-corrected chi connectivity index (χ1v) is 4.90. The molecule has 82 valence electrons. The lowest BCUT2D eigenvalue weighted by Crippen LogP contribution is -2.40. The molecule has 4 heteroatoms. The molecule has 0 bridgehead atoms. The highest BCUT2D eigenvalue weighted by Gasteiger charge is 2.18. The molecule has 1 aliphatic heterocycles. The van der Waals surface area contributed by atoms with E-state index in [1.807, 2.05) is 18.2 Å². The van der Waals surface area contributed by atoms with Crippen molar-refractivity contribution >= 4 is 5.69 Å². The Morgan fingerprint density at radius 2 is 1.93 bits per heavy atom. The summed E-state index contributed by atoms with van der Waals surface area (Å²) in [5.74, 6) is 1.48. The van der Waals surface area contributed by atoms with Gasteiger partial charge in [0.2, 0.25) is 0 Å². The zero-order valence-electron chi connectivity index (χ0n) is 8.95. The third-order valence-corrected chi connectivity index (χ3v) is 2.39. The van der Waals surface area contributed by atoms with E-state index in [2.05, 4.69) is 5.32 Å². The first kappa shape index (κ1) is 10.1. The summed E-state index contributed by atoms with van der Waals surface area (Å²) >= 11 is 0. The van der Waals surface area contributed by atoms with Gasteiger partial charge in [0.15, 0.2) is 11.5 Å². The third kappa shape index (κ3) is 2.15. The molecule has 0 radical (unpaired) electrons. The van der Waals surface area contributed by atoms with Crippen LogP contribution in [0.25, 0.3) is 0 Å². The molecule has 1 aromatic rings. The van der Waals surface area contributed by atoms with Gasteiger partial charge in [0.25, 0.3) is 0 Å². The van der Waals surface area contributed by atoms with Gasteiger partial charge in [0, 0.05) is 11.8 Å². The average Bonchev–Trinajstić information content (AvgIpc) is 2.23. The minimum atomic E-state index is 0.420. The van der Waals surface area contributed by atoms with E-state index in [0.29, 0.717) is 6.04 Å². The molecule has 4 nitrogen and oxygen atoms in total. The molecule has 0 aromatic heterocycles. The zero-order valence-corrected chi connectivity index (χ0v) is 8.95. The van der Waals surface area contributed by atoms with Crippen molar-refractivity contribution in [2.24, 2.45) is 0 Å². The fourth-order valence-electron chi connectivity index (χ4n) is 1.48. The van der Waals surface area contributed by atoms with Crippen molar-refractivity contribution in [2.75, 3.05) is 32.8 Å². The monoisotopic (exact) mass is 209 g/mol. The minimum Gasteiger partial charge on any atom is -0.493 e. The third-order valence-electron chi connectivity index (χ3n) is 2.39. The van der Waals surface area contributed by atoms with Crippen molar-refractivity contribution in [3.8, 4) is 11.5 Å². The number of hydrogen-bond acceptors (Lipinski definition) is 4. The van der Waals surface area contributed by atoms with Crippen molar-refractivity contribution in [1.29, 1.82) is 0 Å². The zero-order chi connectivity index (χ0) is 10.7. The largest absolute Gasteiger partial charge is 0.493 e. The summed E-state index contributed by atoms with van der Waals surface area (Å²) in [5, 5.41) is 3.34. The van der Waals surface area contributed by atoms with Gasteiger partial charge in [0.1, 0.15) is 0 Å². The average molecular weight is 209 g/mol. The van der Waals surface area contributed by atoms with Crippen LogP contribution >= 0.6 is 0 Å². The Kier molecular flexibility index (Phi) is 2.97. The van der Waals surface area contributed by atoms with Crippen molar-refractivity contribution in [1.82, 2.24) is 0 Å². The van der Waals surface area contributed by atoms with Gasteiger partial charge in [-0.15, -0.1) is 0 Å². The number of rotatable bonds is 4. The molecule has 2 rings (SSSR count). The van der Waals surface area contributed by atoms with Crippen LogP contribution in [-0.2, 0) is 4.74 Å². The minimum absolute atomic E-state index is 0.420. The van der Waals surface area contributed by atoms with Crippen LogP contribution in [-0.4, -0.2) is 33.5 Å². The number of nitrogens with one attached hydrogen (secondary N) is 1. The van der Waals surface area contributed by atoms with Gasteiger partial charge in [-0.1, -0.05) is 0 Å². The number of benzene rings is 1. The summed E-state index contributed by atoms with van der Waals surface area (Å²) in [4.78, 5) is 0. The smallest absolute Gasteiger partial charge is 0.162 e. The van der Waals surface area contributed by atoms with Crippen LogP contribution in [0.1, 0.15) is 0 Å². The maximum absolute atomic E-state index is 5.21. The summed E-state index contributed by atoms with van der Waals surface area (Å²) in [6, 6.07) is 6.21. The maximum atomic E-state index is 5.21. The predicted molar refractivity (Wildman–Crippen MR) is 57.8 cm³/mol. The van der Waals surface area contributed by atoms with Crippen LogP contribution in [0.3, 0.4) is 0 Å². The Morgan fingerprint density at radius 1 is 1.20 bits per heavy atom. The quantitative estimate of drug-likeness (QED) is 0.816. The van der Waals surface area contributed by atoms with E-state index < -0.39 is 0 Å². The molecule has 0 amide bonds. The molecule has 0 aliphatic carbocycles. The second kappa shape index (κ2) is 4.40. The van der Waals surface area contributed by atoms with Crippen LogP contribution in [0.4, 0.5) is 5.69 Å². The van der Waals surface area contributed by atoms with E-state index >= 15 is 0 Å². The van der Waals surface area contributed by atoms with Gasteiger partial charge in [-0.2, -0.15) is 0 Å². The SMILES string of the molecule is COc1ccc(NC2COC2)cc1OC. The lowest BCUT2D eigenvalue weighted by atomic mass is 10.2. The molecule has 0 saturated carbocycles. The number of methoxy groups -OCH3 is 2. The van der Waals surface area contributed by atoms with Crippen LogP contribution in [0.15, 0.2) is 18.2 Å². The van der Waals surface area contributed by atoms with Gasteiger partial charge >= 0.3 is 0 Å². The van der Waals surface area contributed by atoms with E-state index in [0.717, 1.165) is 30.4 Å². The molecule has 0 spiro atoms. The molecule has 1 aliphatic rings. The second-order valence-corrected chi connectivity index (χ2v) is 3.45. The van der Waals surface area contributed by atoms with Crippen LogP contribution < -0.4 is 14.8 Å². The van der Waals surface area contributed by atoms with Gasteiger partial charge in [0.05, 0.1) is 33.5 Å². The maximum Gasteiger partial charge on any atom is 0.162 e. The highest BCUT2D eigenvalue weighted by Crippen LogP contribution is 2.30. The van der Waals surface area contributed by atoms with E-state index in [1.54, 1.807) is 14.2 Å². The second-order valence-electron chi connectivity index (χ2n) is 3.45. The normalized spacial score (nSPS) is 15.6. The molecular formula is C11H15NO3. The predicted octanol–water partition coefficient (Wildman–Crippen LogP) is 1.51. The molecule has 1 aromatic carbocycles. The summed E-state index contributed by atoms with van der Waals surface area (Å²) < 4.78 is 15.5. The standard InChI is InChI=1S/C11H15NO3/c1-13-10-4-3-8(5-11(10)14-2)12-9-6-15-7-9/h3-5,9,12H,6-7H2,1-2H3. The van der Waals surface area contributed by atoms with Crippen LogP contribution in [0.5, 0.6) is 11.5 Å². The molecular weight excluding hydrogens is 194 g/mol. The molecule has 1 saturated heterocycles. The van der Waals surface area contributed by atoms with Gasteiger partial charge in [-0.3, -0.25) is 0 Å². The summed E-state index contributed by atoms with van der Waals surface area (Å²) in [6.45, 7) is 1.54. The van der Waals surface area contributed by atoms with E-state index in [4.69, 9.17) is 14.2 Å². The summed E-state index contributed by atoms with van der Waals surface area (Å²) in [5.41, 5.74) is 1.03. The molecule has 1 fully saturated rings. The number of hydrogen-bond donors (Lipinski definition) is 1. The van der Waals surface area contributed by atoms with Crippen molar-refractivity contribution in [3.63, 3.8) is 0 Å². The Morgan fingerprint density at radius 3 is 2.47 bits per heavy atom. The summed E-state index contributed by atoms with van der Waals surface area (Å²) in [7, 11) is 3.26. The highest BCUT2D eigenvalue weighted by atomic mass is 16.5. The molecule has 1 heterocycles. The first-order valence-electron chi connectivity index (χ1n) is 4.90. The number of ether oxygens (including phenoxy) is 3. The van der Waals surface area contributed by atoms with Gasteiger partial charge in [-0.05, 0) is 12.1 Å². The van der Waals surface area contributed by atoms with Gasteiger partial charge < -0.3 is 19.5 Å². The Balaban J connectivity index is 2.10. The lowest BCUT2D eigenvalue weighted by Gasteiger charge is -2.28. The first-order chi connectivity index (χ1) is 7.33. The molecule has 1 N–H and O–H groups in total. The van der Waals surface area contributed by atoms with Crippen molar-refractivity contribution < 1.29 is 14.2 Å². The number of anilines is 1. The molecule has 15 heavy (non-hydrogen) atoms. The van der Waals surface area contributed by atoms with E-state index in [1.165, 1.54) is 0 Å². The fraction of sp³-hybridized carbons (Fsp3) is 0.455. The molecule has 0 unspecified atom stereocenters. The fourth-order valence-corrected chi connectivity index (χ4v) is 1.48. The summed E-state index contributed by atoms with van der Waals surface area (Å²) in [6.07, 6.45) is 0. The Hall–Kier alpha value is -1.42. The van der Waals surface area contributed by atoms with Crippen LogP contribution in [0.2, 0.25) is 0 Å². The lowest BCUT2D eigenvalue weighted by molar-refractivity contribution is 0.0211. The molecule has 0 atom stereocenters. The van der Waals surface area contributed by atoms with E-state index in [-0.39, 0.29) is 0 Å². The Labute approximate surface area is 89.1 Å². The Bertz CT molecular complexity index is 337.